The molecular formula is C15H11Cl2NO5. The number of hydrogen-bond donors (Lipinski definition) is 0. The normalized spacial score (nSPS) is 10.2. The Hall–Kier alpha value is -2.31. The smallest absolute Gasteiger partial charge is 0.309 e. The predicted molar refractivity (Wildman–Crippen MR) is 85.4 cm³/mol. The lowest BCUT2D eigenvalue weighted by atomic mass is 10.1. The Kier molecular flexibility index (Phi) is 5.41. The highest BCUT2D eigenvalue weighted by Gasteiger charge is 2.14. The first-order valence-electron chi connectivity index (χ1n) is 6.37. The van der Waals surface area contributed by atoms with E-state index < -0.39 is 10.9 Å². The molecule has 0 saturated carbocycles. The Morgan fingerprint density at radius 1 is 1.17 bits per heavy atom. The van der Waals surface area contributed by atoms with Crippen LogP contribution >= 0.6 is 23.2 Å². The number of nitrogens with zero attached hydrogens (tertiary/aromatic N) is 1. The molecule has 2 rings (SSSR count). The molecule has 0 fully saturated rings. The first kappa shape index (κ1) is 17.1. The Balaban J connectivity index is 2.23. The van der Waals surface area contributed by atoms with Gasteiger partial charge < -0.3 is 9.47 Å². The van der Waals surface area contributed by atoms with Gasteiger partial charge >= 0.3 is 5.97 Å². The van der Waals surface area contributed by atoms with Gasteiger partial charge in [0, 0.05) is 12.1 Å². The highest BCUT2D eigenvalue weighted by molar-refractivity contribution is 6.37. The molecule has 0 atom stereocenters. The maximum absolute atomic E-state index is 11.3. The average Bonchev–Trinajstić information content (AvgIpc) is 2.51. The van der Waals surface area contributed by atoms with Gasteiger partial charge in [-0.1, -0.05) is 23.2 Å². The van der Waals surface area contributed by atoms with Gasteiger partial charge in [0.25, 0.3) is 5.69 Å². The van der Waals surface area contributed by atoms with Gasteiger partial charge in [0.2, 0.25) is 0 Å². The third-order valence-electron chi connectivity index (χ3n) is 2.90. The fourth-order valence-electron chi connectivity index (χ4n) is 1.80. The highest BCUT2D eigenvalue weighted by atomic mass is 35.5. The van der Waals surface area contributed by atoms with E-state index in [1.165, 1.54) is 31.4 Å². The van der Waals surface area contributed by atoms with Crippen LogP contribution in [0.4, 0.5) is 5.69 Å². The molecule has 0 aliphatic heterocycles. The molecule has 0 spiro atoms. The minimum absolute atomic E-state index is 0.0355. The Morgan fingerprint density at radius 2 is 1.74 bits per heavy atom. The molecule has 0 unspecified atom stereocenters. The van der Waals surface area contributed by atoms with Crippen LogP contribution in [0.15, 0.2) is 36.4 Å². The van der Waals surface area contributed by atoms with E-state index in [2.05, 4.69) is 4.74 Å². The summed E-state index contributed by atoms with van der Waals surface area (Å²) in [5, 5.41) is 11.0. The van der Waals surface area contributed by atoms with Crippen LogP contribution in [-0.2, 0) is 16.0 Å². The van der Waals surface area contributed by atoms with Crippen LogP contribution in [-0.4, -0.2) is 18.0 Å². The van der Waals surface area contributed by atoms with Gasteiger partial charge in [-0.15, -0.1) is 0 Å². The van der Waals surface area contributed by atoms with E-state index in [9.17, 15) is 14.9 Å². The second kappa shape index (κ2) is 7.30. The third kappa shape index (κ3) is 4.34. The van der Waals surface area contributed by atoms with Crippen molar-refractivity contribution in [3.8, 4) is 11.5 Å². The topological polar surface area (TPSA) is 78.7 Å². The van der Waals surface area contributed by atoms with E-state index in [1.54, 1.807) is 12.1 Å². The SMILES string of the molecule is COC(=O)Cc1cc(Cl)c(Oc2ccc([N+](=O)[O-])cc2)c(Cl)c1. The van der Waals surface area contributed by atoms with Crippen LogP contribution in [0.25, 0.3) is 0 Å². The zero-order chi connectivity index (χ0) is 17.0. The maximum atomic E-state index is 11.3. The van der Waals surface area contributed by atoms with Crippen LogP contribution in [0.1, 0.15) is 5.56 Å². The predicted octanol–water partition coefficient (Wildman–Crippen LogP) is 4.41. The summed E-state index contributed by atoms with van der Waals surface area (Å²) in [7, 11) is 1.29. The summed E-state index contributed by atoms with van der Waals surface area (Å²) in [5.74, 6) is 0.136. The third-order valence-corrected chi connectivity index (χ3v) is 3.46. The standard InChI is InChI=1S/C15H11Cl2NO5/c1-22-14(19)8-9-6-12(16)15(13(17)7-9)23-11-4-2-10(3-5-11)18(20)21/h2-7H,8H2,1H3. The van der Waals surface area contributed by atoms with E-state index in [0.29, 0.717) is 11.3 Å². The molecule has 0 amide bonds. The number of methoxy groups -OCH3 is 1. The first-order valence-corrected chi connectivity index (χ1v) is 7.13. The van der Waals surface area contributed by atoms with Crippen LogP contribution in [0.5, 0.6) is 11.5 Å². The minimum atomic E-state index is -0.509. The molecule has 0 aliphatic carbocycles. The second-order valence-electron chi connectivity index (χ2n) is 4.49. The Morgan fingerprint density at radius 3 is 2.22 bits per heavy atom. The van der Waals surface area contributed by atoms with Gasteiger partial charge in [-0.2, -0.15) is 0 Å². The summed E-state index contributed by atoms with van der Waals surface area (Å²) in [5.41, 5.74) is 0.533. The quantitative estimate of drug-likeness (QED) is 0.450. The number of nitro groups is 1. The number of esters is 1. The Labute approximate surface area is 141 Å². The van der Waals surface area contributed by atoms with E-state index in [0.717, 1.165) is 0 Å². The molecule has 0 N–H and O–H groups in total. The maximum Gasteiger partial charge on any atom is 0.309 e. The fraction of sp³-hybridized carbons (Fsp3) is 0.133. The summed E-state index contributed by atoms with van der Waals surface area (Å²) >= 11 is 12.2. The summed E-state index contributed by atoms with van der Waals surface area (Å²) in [6, 6.07) is 8.59. The van der Waals surface area contributed by atoms with Crippen molar-refractivity contribution in [2.75, 3.05) is 7.11 Å². The van der Waals surface area contributed by atoms with Crippen molar-refractivity contribution in [3.05, 3.63) is 62.1 Å². The van der Waals surface area contributed by atoms with Crippen molar-refractivity contribution < 1.29 is 19.2 Å². The van der Waals surface area contributed by atoms with Gasteiger partial charge in [-0.3, -0.25) is 14.9 Å². The van der Waals surface area contributed by atoms with Crippen LogP contribution < -0.4 is 4.74 Å². The summed E-state index contributed by atoms with van der Waals surface area (Å²) in [6.07, 6.45) is 0.0355. The van der Waals surface area contributed by atoms with Gasteiger partial charge in [0.15, 0.2) is 5.75 Å². The zero-order valence-electron chi connectivity index (χ0n) is 11.9. The molecule has 120 valence electrons. The van der Waals surface area contributed by atoms with Crippen molar-refractivity contribution in [2.45, 2.75) is 6.42 Å². The molecule has 8 heteroatoms. The summed E-state index contributed by atoms with van der Waals surface area (Å²) in [6.45, 7) is 0. The molecular weight excluding hydrogens is 345 g/mol. The lowest BCUT2D eigenvalue weighted by Gasteiger charge is -2.11. The monoisotopic (exact) mass is 355 g/mol. The summed E-state index contributed by atoms with van der Waals surface area (Å²) in [4.78, 5) is 21.4. The van der Waals surface area contributed by atoms with Gasteiger partial charge in [0.1, 0.15) is 5.75 Å². The van der Waals surface area contributed by atoms with Gasteiger partial charge in [-0.05, 0) is 29.8 Å². The Bertz CT molecular complexity index is 723. The number of non-ortho nitro benzene ring substituents is 1. The van der Waals surface area contributed by atoms with Crippen molar-refractivity contribution in [3.63, 3.8) is 0 Å². The number of carbonyl (C=O) groups excluding carboxylic acids is 1. The number of nitro benzene ring substituents is 1. The molecule has 6 nitrogen and oxygen atoms in total. The molecule has 0 aromatic heterocycles. The zero-order valence-corrected chi connectivity index (χ0v) is 13.4. The van der Waals surface area contributed by atoms with E-state index >= 15 is 0 Å². The fourth-order valence-corrected chi connectivity index (χ4v) is 2.41. The number of carbonyl (C=O) groups is 1. The molecule has 23 heavy (non-hydrogen) atoms. The second-order valence-corrected chi connectivity index (χ2v) is 5.31. The molecule has 2 aromatic rings. The average molecular weight is 356 g/mol. The largest absolute Gasteiger partial charge is 0.469 e. The molecule has 0 aliphatic rings. The van der Waals surface area contributed by atoms with E-state index in [4.69, 9.17) is 27.9 Å². The molecule has 0 radical (unpaired) electrons. The van der Waals surface area contributed by atoms with Crippen molar-refractivity contribution in [2.24, 2.45) is 0 Å². The number of halogens is 2. The van der Waals surface area contributed by atoms with Crippen LogP contribution in [0.3, 0.4) is 0 Å². The number of rotatable bonds is 5. The minimum Gasteiger partial charge on any atom is -0.469 e. The lowest BCUT2D eigenvalue weighted by Crippen LogP contribution is -2.04. The van der Waals surface area contributed by atoms with Crippen molar-refractivity contribution in [1.29, 1.82) is 0 Å². The molecule has 0 bridgehead atoms. The van der Waals surface area contributed by atoms with Crippen molar-refractivity contribution >= 4 is 34.9 Å². The molecule has 0 heterocycles. The van der Waals surface area contributed by atoms with Crippen molar-refractivity contribution in [1.82, 2.24) is 0 Å². The van der Waals surface area contributed by atoms with Crippen LogP contribution in [0.2, 0.25) is 10.0 Å². The highest BCUT2D eigenvalue weighted by Crippen LogP contribution is 2.37. The molecule has 2 aromatic carbocycles. The molecule has 0 saturated heterocycles. The van der Waals surface area contributed by atoms with Crippen LogP contribution in [0, 0.1) is 10.1 Å². The summed E-state index contributed by atoms with van der Waals surface area (Å²) < 4.78 is 10.1. The lowest BCUT2D eigenvalue weighted by molar-refractivity contribution is -0.384. The van der Waals surface area contributed by atoms with Gasteiger partial charge in [-0.25, -0.2) is 0 Å². The first-order chi connectivity index (χ1) is 10.9. The number of benzene rings is 2. The van der Waals surface area contributed by atoms with E-state index in [-0.39, 0.29) is 27.9 Å². The number of ether oxygens (including phenoxy) is 2. The van der Waals surface area contributed by atoms with Gasteiger partial charge in [0.05, 0.1) is 28.5 Å². The van der Waals surface area contributed by atoms with E-state index in [1.807, 2.05) is 0 Å². The number of hydrogen-bond acceptors (Lipinski definition) is 5.